The molecule has 0 bridgehead atoms. The molecule has 1 N–H and O–H groups in total. The van der Waals surface area contributed by atoms with Gasteiger partial charge in [-0.05, 0) is 72.0 Å². The average molecular weight is 438 g/mol. The van der Waals surface area contributed by atoms with E-state index in [4.69, 9.17) is 0 Å². The Bertz CT molecular complexity index is 1290. The van der Waals surface area contributed by atoms with Crippen LogP contribution in [0.25, 0.3) is 33.6 Å². The first kappa shape index (κ1) is 19.8. The van der Waals surface area contributed by atoms with Crippen molar-refractivity contribution in [1.82, 2.24) is 9.97 Å². The normalized spacial score (nSPS) is 15.6. The summed E-state index contributed by atoms with van der Waals surface area (Å²) in [5.41, 5.74) is 4.85. The quantitative estimate of drug-likeness (QED) is 0.406. The lowest BCUT2D eigenvalue weighted by Gasteiger charge is -2.15. The third kappa shape index (κ3) is 3.59. The Morgan fingerprint density at radius 2 is 1.61 bits per heavy atom. The Kier molecular flexibility index (Phi) is 4.98. The summed E-state index contributed by atoms with van der Waals surface area (Å²) in [5, 5.41) is 0. The van der Waals surface area contributed by atoms with Gasteiger partial charge in [0.25, 0.3) is 0 Å². The highest BCUT2D eigenvalue weighted by atomic mass is 32.2. The molecule has 4 aromatic rings. The molecular weight excluding hydrogens is 421 g/mol. The minimum atomic E-state index is -1.50. The molecule has 0 saturated carbocycles. The number of H-pyrrole nitrogens is 1. The number of nitrogens with one attached hydrogen (secondary N) is 1. The van der Waals surface area contributed by atoms with Gasteiger partial charge < -0.3 is 4.98 Å². The zero-order valence-electron chi connectivity index (χ0n) is 16.3. The van der Waals surface area contributed by atoms with Crippen LogP contribution in [0.1, 0.15) is 12.0 Å². The van der Waals surface area contributed by atoms with Crippen LogP contribution in [0.15, 0.2) is 65.8 Å². The lowest BCUT2D eigenvalue weighted by Crippen LogP contribution is -2.09. The fraction of sp³-hybridized carbons (Fsp3) is 0.125. The van der Waals surface area contributed by atoms with E-state index in [2.05, 4.69) is 9.97 Å². The van der Waals surface area contributed by atoms with E-state index >= 15 is 0 Å². The smallest absolute Gasteiger partial charge is 0.194 e. The highest BCUT2D eigenvalue weighted by Gasteiger charge is 2.20. The van der Waals surface area contributed by atoms with Gasteiger partial charge in [-0.2, -0.15) is 0 Å². The lowest BCUT2D eigenvalue weighted by atomic mass is 10.0. The second-order valence-corrected chi connectivity index (χ2v) is 8.98. The summed E-state index contributed by atoms with van der Waals surface area (Å²) in [7, 11) is -0.982. The number of fused-ring (bicyclic) bond motifs is 1. The van der Waals surface area contributed by atoms with Gasteiger partial charge in [-0.25, -0.2) is 13.2 Å². The Labute approximate surface area is 179 Å². The fourth-order valence-corrected chi connectivity index (χ4v) is 5.26. The summed E-state index contributed by atoms with van der Waals surface area (Å²) < 4.78 is 53.7. The molecule has 5 rings (SSSR count). The van der Waals surface area contributed by atoms with Crippen molar-refractivity contribution in [3.63, 3.8) is 0 Å². The van der Waals surface area contributed by atoms with Gasteiger partial charge in [0.15, 0.2) is 17.5 Å². The average Bonchev–Trinajstić information content (AvgIpc) is 3.23. The zero-order chi connectivity index (χ0) is 21.5. The maximum atomic E-state index is 13.9. The molecular formula is C24H17F3N2OS. The highest BCUT2D eigenvalue weighted by Crippen LogP contribution is 2.37. The molecule has 1 aliphatic rings. The molecule has 31 heavy (non-hydrogen) atoms. The topological polar surface area (TPSA) is 45.8 Å². The molecule has 0 spiro atoms. The van der Waals surface area contributed by atoms with Crippen molar-refractivity contribution in [2.24, 2.45) is 0 Å². The van der Waals surface area contributed by atoms with Gasteiger partial charge in [0.2, 0.25) is 0 Å². The predicted molar refractivity (Wildman–Crippen MR) is 114 cm³/mol. The van der Waals surface area contributed by atoms with E-state index in [9.17, 15) is 17.4 Å². The first-order chi connectivity index (χ1) is 15.0. The van der Waals surface area contributed by atoms with Crippen LogP contribution in [0.4, 0.5) is 13.2 Å². The summed E-state index contributed by atoms with van der Waals surface area (Å²) in [5.74, 6) is -3.32. The van der Waals surface area contributed by atoms with Gasteiger partial charge in [0.1, 0.15) is 0 Å². The molecule has 0 saturated heterocycles. The molecule has 0 aliphatic carbocycles. The van der Waals surface area contributed by atoms with Crippen LogP contribution < -0.4 is 0 Å². The molecule has 2 aromatic heterocycles. The summed E-state index contributed by atoms with van der Waals surface area (Å²) in [6, 6.07) is 13.2. The van der Waals surface area contributed by atoms with E-state index in [1.54, 1.807) is 24.5 Å². The standard InChI is InChI=1S/C24H17F3N2OS/c25-19-11-17(12-20(26)23(19)27)24-18(14-5-7-28-8-6-14)13-21(29-24)15-3-4-22-16(10-15)2-1-9-31(22)30/h3-8,10-13,29H,1-2,9H2. The maximum absolute atomic E-state index is 13.9. The molecule has 0 amide bonds. The van der Waals surface area contributed by atoms with Gasteiger partial charge in [0.05, 0.1) is 16.5 Å². The molecule has 0 radical (unpaired) electrons. The van der Waals surface area contributed by atoms with Crippen molar-refractivity contribution in [1.29, 1.82) is 0 Å². The van der Waals surface area contributed by atoms with Crippen LogP contribution in [0.5, 0.6) is 0 Å². The number of hydrogen-bond acceptors (Lipinski definition) is 2. The summed E-state index contributed by atoms with van der Waals surface area (Å²) >= 11 is 0. The number of aromatic nitrogens is 2. The number of aryl methyl sites for hydroxylation is 1. The number of aromatic amines is 1. The minimum Gasteiger partial charge on any atom is -0.354 e. The lowest BCUT2D eigenvalue weighted by molar-refractivity contribution is 0.447. The number of rotatable bonds is 3. The Balaban J connectivity index is 1.68. The van der Waals surface area contributed by atoms with Crippen LogP contribution >= 0.6 is 0 Å². The molecule has 2 aromatic carbocycles. The van der Waals surface area contributed by atoms with Gasteiger partial charge in [-0.3, -0.25) is 9.19 Å². The summed E-state index contributed by atoms with van der Waals surface area (Å²) in [6.45, 7) is 0. The van der Waals surface area contributed by atoms with Gasteiger partial charge >= 0.3 is 0 Å². The molecule has 0 fully saturated rings. The SMILES string of the molecule is O=S1CCCc2cc(-c3cc(-c4ccncc4)c(-c4cc(F)c(F)c(F)c4)[nH]3)ccc21. The first-order valence-corrected chi connectivity index (χ1v) is 11.1. The van der Waals surface area contributed by atoms with Crippen molar-refractivity contribution >= 4 is 10.8 Å². The molecule has 1 atom stereocenters. The number of nitrogens with zero attached hydrogens (tertiary/aromatic N) is 1. The number of hydrogen-bond donors (Lipinski definition) is 1. The van der Waals surface area contributed by atoms with Crippen molar-refractivity contribution in [3.05, 3.63) is 83.9 Å². The van der Waals surface area contributed by atoms with E-state index in [0.717, 1.165) is 52.3 Å². The third-order valence-electron chi connectivity index (χ3n) is 5.47. The van der Waals surface area contributed by atoms with Crippen molar-refractivity contribution in [2.45, 2.75) is 17.7 Å². The van der Waals surface area contributed by atoms with Crippen molar-refractivity contribution in [2.75, 3.05) is 5.75 Å². The fourth-order valence-electron chi connectivity index (χ4n) is 3.96. The largest absolute Gasteiger partial charge is 0.354 e. The third-order valence-corrected chi connectivity index (χ3v) is 7.02. The van der Waals surface area contributed by atoms with Gasteiger partial charge in [-0.1, -0.05) is 6.07 Å². The van der Waals surface area contributed by atoms with Gasteiger partial charge in [0, 0.05) is 39.9 Å². The first-order valence-electron chi connectivity index (χ1n) is 9.81. The second-order valence-electron chi connectivity index (χ2n) is 7.44. The van der Waals surface area contributed by atoms with Crippen LogP contribution in [0.2, 0.25) is 0 Å². The highest BCUT2D eigenvalue weighted by molar-refractivity contribution is 7.85. The zero-order valence-corrected chi connectivity index (χ0v) is 17.1. The van der Waals surface area contributed by atoms with Crippen molar-refractivity contribution in [3.8, 4) is 33.6 Å². The Hall–Kier alpha value is -3.19. The van der Waals surface area contributed by atoms with Crippen LogP contribution in [-0.4, -0.2) is 19.9 Å². The molecule has 3 nitrogen and oxygen atoms in total. The van der Waals surface area contributed by atoms with Crippen LogP contribution in [0, 0.1) is 17.5 Å². The van der Waals surface area contributed by atoms with Crippen LogP contribution in [-0.2, 0) is 17.2 Å². The second kappa shape index (κ2) is 7.81. The Morgan fingerprint density at radius 3 is 2.35 bits per heavy atom. The molecule has 3 heterocycles. The minimum absolute atomic E-state index is 0.202. The van der Waals surface area contributed by atoms with E-state index < -0.39 is 28.3 Å². The monoisotopic (exact) mass is 438 g/mol. The number of benzene rings is 2. The maximum Gasteiger partial charge on any atom is 0.194 e. The van der Waals surface area contributed by atoms with Crippen molar-refractivity contribution < 1.29 is 17.4 Å². The summed E-state index contributed by atoms with van der Waals surface area (Å²) in [6.07, 6.45) is 4.99. The van der Waals surface area contributed by atoms with E-state index in [0.29, 0.717) is 17.0 Å². The van der Waals surface area contributed by atoms with Gasteiger partial charge in [-0.15, -0.1) is 0 Å². The van der Waals surface area contributed by atoms with E-state index in [1.165, 1.54) is 0 Å². The molecule has 156 valence electrons. The number of pyridine rings is 1. The predicted octanol–water partition coefficient (Wildman–Crippen LogP) is 5.88. The molecule has 1 aliphatic heterocycles. The van der Waals surface area contributed by atoms with E-state index in [-0.39, 0.29) is 5.56 Å². The van der Waals surface area contributed by atoms with Crippen LogP contribution in [0.3, 0.4) is 0 Å². The Morgan fingerprint density at radius 1 is 0.871 bits per heavy atom. The molecule has 7 heteroatoms. The van der Waals surface area contributed by atoms with E-state index in [1.807, 2.05) is 24.3 Å². The molecule has 1 unspecified atom stereocenters. The summed E-state index contributed by atoms with van der Waals surface area (Å²) in [4.78, 5) is 8.14. The number of halogens is 3.